The van der Waals surface area contributed by atoms with Crippen molar-refractivity contribution in [1.29, 1.82) is 10.5 Å². The number of esters is 2. The molecule has 0 saturated heterocycles. The summed E-state index contributed by atoms with van der Waals surface area (Å²) in [6.45, 7) is 0.207. The molecule has 8 heteroatoms. The molecule has 0 unspecified atom stereocenters. The molecule has 0 atom stereocenters. The van der Waals surface area contributed by atoms with E-state index in [2.05, 4.69) is 9.47 Å². The Labute approximate surface area is 142 Å². The zero-order valence-corrected chi connectivity index (χ0v) is 14.2. The van der Waals surface area contributed by atoms with Crippen LogP contribution in [0.25, 0.3) is 0 Å². The van der Waals surface area contributed by atoms with Crippen LogP contribution in [0.5, 0.6) is 0 Å². The van der Waals surface area contributed by atoms with E-state index in [-0.39, 0.29) is 44.3 Å². The van der Waals surface area contributed by atoms with E-state index in [1.54, 1.807) is 0 Å². The van der Waals surface area contributed by atoms with Crippen LogP contribution >= 0.6 is 0 Å². The first-order chi connectivity index (χ1) is 11.5. The lowest BCUT2D eigenvalue weighted by Crippen LogP contribution is -2.14. The minimum Gasteiger partial charge on any atom is -0.469 e. The van der Waals surface area contributed by atoms with E-state index in [0.29, 0.717) is 19.3 Å². The third kappa shape index (κ3) is 14.8. The van der Waals surface area contributed by atoms with Gasteiger partial charge in [-0.2, -0.15) is 10.5 Å². The van der Waals surface area contributed by atoms with Gasteiger partial charge in [0.15, 0.2) is 0 Å². The number of rotatable bonds is 10. The summed E-state index contributed by atoms with van der Waals surface area (Å²) in [6, 6.07) is 3.93. The fraction of sp³-hybridized carbons (Fsp3) is 0.750. The lowest BCUT2D eigenvalue weighted by Gasteiger charge is -2.09. The second-order valence-corrected chi connectivity index (χ2v) is 5.04. The molecule has 0 saturated carbocycles. The molecule has 136 valence electrons. The molecule has 0 fully saturated rings. The normalized spacial score (nSPS) is 9.50. The van der Waals surface area contributed by atoms with E-state index in [4.69, 9.17) is 20.7 Å². The van der Waals surface area contributed by atoms with Crippen molar-refractivity contribution in [3.63, 3.8) is 0 Å². The number of hydrogen-bond acceptors (Lipinski definition) is 8. The van der Waals surface area contributed by atoms with Gasteiger partial charge in [-0.3, -0.25) is 9.59 Å². The highest BCUT2D eigenvalue weighted by Crippen LogP contribution is 2.14. The first kappa shape index (κ1) is 24.1. The molecule has 24 heavy (non-hydrogen) atoms. The number of nitrogens with zero attached hydrogens (tertiary/aromatic N) is 2. The number of methoxy groups -OCH3 is 2. The van der Waals surface area contributed by atoms with Crippen molar-refractivity contribution in [3.8, 4) is 12.1 Å². The van der Waals surface area contributed by atoms with Crippen LogP contribution in [0.1, 0.15) is 38.5 Å². The first-order valence-electron chi connectivity index (χ1n) is 7.58. The summed E-state index contributed by atoms with van der Waals surface area (Å²) in [5.41, 5.74) is 0. The number of hydrogen-bond donors (Lipinski definition) is 2. The van der Waals surface area contributed by atoms with Crippen molar-refractivity contribution in [2.45, 2.75) is 38.5 Å². The van der Waals surface area contributed by atoms with Crippen LogP contribution < -0.4 is 0 Å². The lowest BCUT2D eigenvalue weighted by atomic mass is 9.98. The van der Waals surface area contributed by atoms with Crippen molar-refractivity contribution in [2.75, 3.05) is 27.4 Å². The molecule has 0 heterocycles. The molecule has 0 amide bonds. The zero-order valence-electron chi connectivity index (χ0n) is 14.2. The average Bonchev–Trinajstić information content (AvgIpc) is 2.56. The second kappa shape index (κ2) is 17.2. The van der Waals surface area contributed by atoms with Crippen LogP contribution in [-0.4, -0.2) is 49.6 Å². The van der Waals surface area contributed by atoms with E-state index < -0.39 is 11.9 Å². The van der Waals surface area contributed by atoms with Crippen LogP contribution in [0, 0.1) is 34.5 Å². The summed E-state index contributed by atoms with van der Waals surface area (Å²) in [5, 5.41) is 33.7. The Balaban J connectivity index is 0. The largest absolute Gasteiger partial charge is 0.469 e. The highest BCUT2D eigenvalue weighted by atomic mass is 16.5. The van der Waals surface area contributed by atoms with Crippen LogP contribution in [-0.2, 0) is 19.1 Å². The molecule has 0 aromatic rings. The Hall–Kier alpha value is -2.16. The van der Waals surface area contributed by atoms with Crippen molar-refractivity contribution >= 4 is 11.9 Å². The number of carbonyl (C=O) groups excluding carboxylic acids is 2. The molecule has 8 nitrogen and oxygen atoms in total. The standard InChI is InChI=1S/C9H13NO4.C7H13NO2/c1-13-8(11)5-7(3-4-10)6-9(12)14-2;8-4-1-7(2-5-9)3-6-10/h7H,3,5-6H2,1-2H3;7,9-10H,1-3,5-6H2. The molecular weight excluding hydrogens is 316 g/mol. The van der Waals surface area contributed by atoms with Gasteiger partial charge in [-0.1, -0.05) is 0 Å². The maximum atomic E-state index is 10.9. The summed E-state index contributed by atoms with van der Waals surface area (Å²) < 4.78 is 8.88. The molecule has 0 aromatic heterocycles. The van der Waals surface area contributed by atoms with Gasteiger partial charge < -0.3 is 19.7 Å². The third-order valence-corrected chi connectivity index (χ3v) is 3.20. The molecule has 2 N–H and O–H groups in total. The third-order valence-electron chi connectivity index (χ3n) is 3.20. The Bertz CT molecular complexity index is 403. The van der Waals surface area contributed by atoms with E-state index in [1.807, 2.05) is 12.1 Å². The zero-order chi connectivity index (χ0) is 18.8. The lowest BCUT2D eigenvalue weighted by molar-refractivity contribution is -0.144. The number of carbonyl (C=O) groups is 2. The van der Waals surface area contributed by atoms with Gasteiger partial charge in [0.25, 0.3) is 0 Å². The predicted octanol–water partition coefficient (Wildman–Crippen LogP) is 0.924. The fourth-order valence-electron chi connectivity index (χ4n) is 1.83. The number of aliphatic hydroxyl groups excluding tert-OH is 2. The van der Waals surface area contributed by atoms with Crippen LogP contribution in [0.4, 0.5) is 0 Å². The monoisotopic (exact) mass is 342 g/mol. The van der Waals surface area contributed by atoms with Crippen LogP contribution in [0.3, 0.4) is 0 Å². The van der Waals surface area contributed by atoms with Crippen LogP contribution in [0.15, 0.2) is 0 Å². The van der Waals surface area contributed by atoms with Crippen molar-refractivity contribution in [3.05, 3.63) is 0 Å². The molecule has 0 spiro atoms. The minimum absolute atomic E-state index is 0.0686. The summed E-state index contributed by atoms with van der Waals surface area (Å²) >= 11 is 0. The molecular formula is C16H26N2O6. The van der Waals surface area contributed by atoms with Crippen molar-refractivity contribution in [2.24, 2.45) is 11.8 Å². The quantitative estimate of drug-likeness (QED) is 0.558. The summed E-state index contributed by atoms with van der Waals surface area (Å²) in [5.74, 6) is -0.997. The van der Waals surface area contributed by atoms with E-state index in [1.165, 1.54) is 14.2 Å². The van der Waals surface area contributed by atoms with Gasteiger partial charge in [0.1, 0.15) is 0 Å². The molecule has 0 aliphatic heterocycles. The molecule has 0 bridgehead atoms. The van der Waals surface area contributed by atoms with Gasteiger partial charge in [0.2, 0.25) is 0 Å². The van der Waals surface area contributed by atoms with Crippen molar-refractivity contribution < 1.29 is 29.3 Å². The molecule has 0 aliphatic carbocycles. The summed E-state index contributed by atoms with van der Waals surface area (Å²) in [4.78, 5) is 21.8. The number of nitriles is 2. The molecule has 0 radical (unpaired) electrons. The maximum absolute atomic E-state index is 10.9. The smallest absolute Gasteiger partial charge is 0.305 e. The predicted molar refractivity (Wildman–Crippen MR) is 84.1 cm³/mol. The topological polar surface area (TPSA) is 141 Å². The van der Waals surface area contributed by atoms with E-state index >= 15 is 0 Å². The van der Waals surface area contributed by atoms with Gasteiger partial charge in [0, 0.05) is 38.9 Å². The van der Waals surface area contributed by atoms with Gasteiger partial charge in [-0.05, 0) is 24.7 Å². The fourth-order valence-corrected chi connectivity index (χ4v) is 1.83. The van der Waals surface area contributed by atoms with Crippen molar-refractivity contribution in [1.82, 2.24) is 0 Å². The minimum atomic E-state index is -0.422. The summed E-state index contributed by atoms with van der Waals surface area (Å²) in [6.07, 6.45) is 1.95. The number of ether oxygens (including phenoxy) is 2. The average molecular weight is 342 g/mol. The SMILES string of the molecule is COC(=O)CC(CC#N)CC(=O)OC.N#CCC(CCO)CCO. The Morgan fingerprint density at radius 3 is 1.54 bits per heavy atom. The van der Waals surface area contributed by atoms with Gasteiger partial charge in [0.05, 0.1) is 26.4 Å². The van der Waals surface area contributed by atoms with Gasteiger partial charge in [-0.15, -0.1) is 0 Å². The summed E-state index contributed by atoms with van der Waals surface area (Å²) in [7, 11) is 2.54. The van der Waals surface area contributed by atoms with Gasteiger partial charge in [-0.25, -0.2) is 0 Å². The second-order valence-electron chi connectivity index (χ2n) is 5.04. The molecule has 0 aliphatic rings. The Morgan fingerprint density at radius 2 is 1.25 bits per heavy atom. The van der Waals surface area contributed by atoms with Gasteiger partial charge >= 0.3 is 11.9 Å². The Morgan fingerprint density at radius 1 is 0.875 bits per heavy atom. The first-order valence-corrected chi connectivity index (χ1v) is 7.58. The highest BCUT2D eigenvalue weighted by molar-refractivity contribution is 5.73. The maximum Gasteiger partial charge on any atom is 0.305 e. The highest BCUT2D eigenvalue weighted by Gasteiger charge is 2.18. The van der Waals surface area contributed by atoms with E-state index in [9.17, 15) is 9.59 Å². The Kier molecular flexibility index (Phi) is 17.3. The molecule has 0 rings (SSSR count). The van der Waals surface area contributed by atoms with E-state index in [0.717, 1.165) is 0 Å². The number of aliphatic hydroxyl groups is 2. The molecule has 0 aromatic carbocycles. The van der Waals surface area contributed by atoms with Crippen LogP contribution in [0.2, 0.25) is 0 Å².